The van der Waals surface area contributed by atoms with Crippen molar-refractivity contribution in [2.75, 3.05) is 18.4 Å². The highest BCUT2D eigenvalue weighted by molar-refractivity contribution is 5.97. The summed E-state index contributed by atoms with van der Waals surface area (Å²) in [5, 5.41) is 12.2. The summed E-state index contributed by atoms with van der Waals surface area (Å²) in [6.07, 6.45) is 4.96. The van der Waals surface area contributed by atoms with Crippen molar-refractivity contribution in [1.29, 1.82) is 0 Å². The van der Waals surface area contributed by atoms with Gasteiger partial charge in [0.1, 0.15) is 0 Å². The van der Waals surface area contributed by atoms with Gasteiger partial charge in [0.05, 0.1) is 11.8 Å². The normalized spacial score (nSPS) is 23.7. The van der Waals surface area contributed by atoms with E-state index in [0.717, 1.165) is 38.8 Å². The molecule has 0 radical (unpaired) electrons. The molecule has 1 aromatic carbocycles. The molecule has 6 heteroatoms. The number of carbonyl (C=O) groups excluding carboxylic acids is 2. The van der Waals surface area contributed by atoms with E-state index in [1.54, 1.807) is 24.3 Å². The van der Waals surface area contributed by atoms with E-state index in [0.29, 0.717) is 30.0 Å². The third-order valence-electron chi connectivity index (χ3n) is 5.89. The number of rotatable bonds is 4. The lowest BCUT2D eigenvalue weighted by Gasteiger charge is -2.30. The molecule has 27 heavy (non-hydrogen) atoms. The van der Waals surface area contributed by atoms with Crippen LogP contribution in [-0.4, -0.2) is 40.9 Å². The van der Waals surface area contributed by atoms with E-state index in [1.807, 2.05) is 4.90 Å². The molecule has 1 aliphatic carbocycles. The number of piperidine rings is 1. The summed E-state index contributed by atoms with van der Waals surface area (Å²) in [7, 11) is 0. The molecule has 2 fully saturated rings. The van der Waals surface area contributed by atoms with Gasteiger partial charge in [-0.3, -0.25) is 14.4 Å². The summed E-state index contributed by atoms with van der Waals surface area (Å²) >= 11 is 0. The van der Waals surface area contributed by atoms with E-state index in [-0.39, 0.29) is 11.8 Å². The summed E-state index contributed by atoms with van der Waals surface area (Å²) in [6, 6.07) is 6.89. The minimum absolute atomic E-state index is 0.0259. The molecule has 2 amide bonds. The van der Waals surface area contributed by atoms with E-state index in [2.05, 4.69) is 12.2 Å². The molecule has 1 aromatic rings. The number of hydrogen-bond donors (Lipinski definition) is 2. The number of nitrogens with one attached hydrogen (secondary N) is 1. The Morgan fingerprint density at radius 2 is 1.56 bits per heavy atom. The minimum atomic E-state index is -0.897. The van der Waals surface area contributed by atoms with Gasteiger partial charge in [-0.1, -0.05) is 19.8 Å². The van der Waals surface area contributed by atoms with Crippen molar-refractivity contribution < 1.29 is 19.5 Å². The van der Waals surface area contributed by atoms with Gasteiger partial charge in [0.15, 0.2) is 0 Å². The van der Waals surface area contributed by atoms with Crippen molar-refractivity contribution >= 4 is 23.5 Å². The Kier molecular flexibility index (Phi) is 6.14. The Hall–Kier alpha value is -2.37. The van der Waals surface area contributed by atoms with Crippen LogP contribution in [0.25, 0.3) is 0 Å². The zero-order valence-electron chi connectivity index (χ0n) is 15.8. The molecule has 2 atom stereocenters. The van der Waals surface area contributed by atoms with Gasteiger partial charge >= 0.3 is 5.97 Å². The van der Waals surface area contributed by atoms with Crippen LogP contribution in [0, 0.1) is 17.8 Å². The minimum Gasteiger partial charge on any atom is -0.481 e. The summed E-state index contributed by atoms with van der Waals surface area (Å²) in [6.45, 7) is 3.79. The van der Waals surface area contributed by atoms with E-state index in [4.69, 9.17) is 0 Å². The Labute approximate surface area is 159 Å². The molecule has 1 saturated heterocycles. The lowest BCUT2D eigenvalue weighted by Crippen LogP contribution is -2.38. The summed E-state index contributed by atoms with van der Waals surface area (Å²) in [5.74, 6) is -1.55. The van der Waals surface area contributed by atoms with Crippen LogP contribution < -0.4 is 5.32 Å². The number of benzene rings is 1. The van der Waals surface area contributed by atoms with Crippen LogP contribution in [0.2, 0.25) is 0 Å². The van der Waals surface area contributed by atoms with Crippen LogP contribution in [0.1, 0.15) is 55.8 Å². The second kappa shape index (κ2) is 8.55. The second-order valence-corrected chi connectivity index (χ2v) is 7.88. The van der Waals surface area contributed by atoms with Crippen molar-refractivity contribution in [3.05, 3.63) is 29.8 Å². The average Bonchev–Trinajstić information content (AvgIpc) is 2.68. The summed E-state index contributed by atoms with van der Waals surface area (Å²) < 4.78 is 0. The van der Waals surface area contributed by atoms with Gasteiger partial charge in [-0.05, 0) is 55.9 Å². The van der Waals surface area contributed by atoms with E-state index >= 15 is 0 Å². The van der Waals surface area contributed by atoms with Gasteiger partial charge in [0.25, 0.3) is 5.91 Å². The highest BCUT2D eigenvalue weighted by atomic mass is 16.4. The molecule has 1 heterocycles. The first-order valence-corrected chi connectivity index (χ1v) is 9.88. The van der Waals surface area contributed by atoms with Gasteiger partial charge in [-0.15, -0.1) is 0 Å². The van der Waals surface area contributed by atoms with Crippen molar-refractivity contribution in [1.82, 2.24) is 4.90 Å². The molecule has 1 saturated carbocycles. The highest BCUT2D eigenvalue weighted by Gasteiger charge is 2.35. The number of carboxylic acids is 1. The number of carbonyl (C=O) groups is 3. The molecule has 1 aliphatic heterocycles. The zero-order valence-corrected chi connectivity index (χ0v) is 15.8. The summed E-state index contributed by atoms with van der Waals surface area (Å²) in [4.78, 5) is 38.4. The number of hydrogen-bond acceptors (Lipinski definition) is 3. The molecule has 2 unspecified atom stereocenters. The topological polar surface area (TPSA) is 86.7 Å². The van der Waals surface area contributed by atoms with Crippen LogP contribution in [0.3, 0.4) is 0 Å². The quantitative estimate of drug-likeness (QED) is 0.848. The van der Waals surface area contributed by atoms with Crippen LogP contribution in [0.15, 0.2) is 24.3 Å². The van der Waals surface area contributed by atoms with E-state index in [1.165, 1.54) is 0 Å². The SMILES string of the molecule is CC1CCN(C(=O)c2ccc(NC(=O)C3CCCCC3C(=O)O)cc2)CC1. The standard InChI is InChI=1S/C21H28N2O4/c1-14-10-12-23(13-11-14)20(25)15-6-8-16(9-7-15)22-19(24)17-4-2-3-5-18(17)21(26)27/h6-9,14,17-18H,2-5,10-13H2,1H3,(H,22,24)(H,26,27). The first kappa shape index (κ1) is 19.4. The maximum absolute atomic E-state index is 12.6. The largest absolute Gasteiger partial charge is 0.481 e. The Balaban J connectivity index is 1.61. The fraction of sp³-hybridized carbons (Fsp3) is 0.571. The lowest BCUT2D eigenvalue weighted by atomic mass is 9.78. The molecular formula is C21H28N2O4. The number of amides is 2. The third kappa shape index (κ3) is 4.67. The second-order valence-electron chi connectivity index (χ2n) is 7.88. The van der Waals surface area contributed by atoms with Crippen molar-refractivity contribution in [3.63, 3.8) is 0 Å². The maximum Gasteiger partial charge on any atom is 0.307 e. The number of carboxylic acid groups (broad SMARTS) is 1. The maximum atomic E-state index is 12.6. The fourth-order valence-corrected chi connectivity index (χ4v) is 4.07. The predicted octanol–water partition coefficient (Wildman–Crippen LogP) is 3.39. The van der Waals surface area contributed by atoms with Crippen LogP contribution in [0.4, 0.5) is 5.69 Å². The number of aliphatic carboxylic acids is 1. The molecule has 2 N–H and O–H groups in total. The van der Waals surface area contributed by atoms with Crippen molar-refractivity contribution in [2.45, 2.75) is 45.4 Å². The van der Waals surface area contributed by atoms with Gasteiger partial charge < -0.3 is 15.3 Å². The smallest absolute Gasteiger partial charge is 0.307 e. The average molecular weight is 372 g/mol. The Morgan fingerprint density at radius 1 is 0.963 bits per heavy atom. The molecule has 0 bridgehead atoms. The molecular weight excluding hydrogens is 344 g/mol. The van der Waals surface area contributed by atoms with Crippen molar-refractivity contribution in [2.24, 2.45) is 17.8 Å². The first-order valence-electron chi connectivity index (χ1n) is 9.88. The number of anilines is 1. The summed E-state index contributed by atoms with van der Waals surface area (Å²) in [5.41, 5.74) is 1.21. The lowest BCUT2D eigenvalue weighted by molar-refractivity contribution is -0.147. The van der Waals surface area contributed by atoms with Gasteiger partial charge in [0, 0.05) is 24.3 Å². The molecule has 2 aliphatic rings. The Bertz CT molecular complexity index is 693. The molecule has 3 rings (SSSR count). The van der Waals surface area contributed by atoms with Crippen LogP contribution >= 0.6 is 0 Å². The van der Waals surface area contributed by atoms with Crippen LogP contribution in [-0.2, 0) is 9.59 Å². The molecule has 6 nitrogen and oxygen atoms in total. The fourth-order valence-electron chi connectivity index (χ4n) is 4.07. The molecule has 0 spiro atoms. The van der Waals surface area contributed by atoms with E-state index in [9.17, 15) is 19.5 Å². The van der Waals surface area contributed by atoms with Gasteiger partial charge in [-0.25, -0.2) is 0 Å². The number of nitrogens with zero attached hydrogens (tertiary/aromatic N) is 1. The Morgan fingerprint density at radius 3 is 2.15 bits per heavy atom. The van der Waals surface area contributed by atoms with Crippen molar-refractivity contribution in [3.8, 4) is 0 Å². The molecule has 0 aromatic heterocycles. The van der Waals surface area contributed by atoms with Gasteiger partial charge in [-0.2, -0.15) is 0 Å². The van der Waals surface area contributed by atoms with E-state index < -0.39 is 17.8 Å². The number of likely N-dealkylation sites (tertiary alicyclic amines) is 1. The molecule has 146 valence electrons. The van der Waals surface area contributed by atoms with Gasteiger partial charge in [0.2, 0.25) is 5.91 Å². The highest BCUT2D eigenvalue weighted by Crippen LogP contribution is 2.31. The zero-order chi connectivity index (χ0) is 19.4. The predicted molar refractivity (Wildman–Crippen MR) is 102 cm³/mol. The first-order chi connectivity index (χ1) is 13.0. The monoisotopic (exact) mass is 372 g/mol. The third-order valence-corrected chi connectivity index (χ3v) is 5.89. The van der Waals surface area contributed by atoms with Crippen LogP contribution in [0.5, 0.6) is 0 Å².